The van der Waals surface area contributed by atoms with Gasteiger partial charge in [0.1, 0.15) is 5.69 Å². The van der Waals surface area contributed by atoms with Crippen LogP contribution >= 0.6 is 0 Å². The first-order valence-corrected chi connectivity index (χ1v) is 7.76. The summed E-state index contributed by atoms with van der Waals surface area (Å²) >= 11 is 0. The summed E-state index contributed by atoms with van der Waals surface area (Å²) in [4.78, 5) is 17.4. The zero-order chi connectivity index (χ0) is 18.7. The van der Waals surface area contributed by atoms with Gasteiger partial charge in [0, 0.05) is 32.6 Å². The van der Waals surface area contributed by atoms with Gasteiger partial charge in [-0.05, 0) is 24.3 Å². The van der Waals surface area contributed by atoms with Crippen molar-refractivity contribution < 1.29 is 22.5 Å². The van der Waals surface area contributed by atoms with Crippen molar-refractivity contribution in [1.29, 1.82) is 0 Å². The van der Waals surface area contributed by atoms with E-state index in [9.17, 15) is 13.6 Å². The molecule has 0 saturated heterocycles. The summed E-state index contributed by atoms with van der Waals surface area (Å²) in [6.07, 6.45) is 1.68. The minimum atomic E-state index is -0.759. The number of nitrogens with zero attached hydrogens (tertiary/aromatic N) is 3. The molecule has 7 nitrogen and oxygen atoms in total. The van der Waals surface area contributed by atoms with E-state index in [2.05, 4.69) is 15.5 Å². The van der Waals surface area contributed by atoms with E-state index in [1.165, 1.54) is 25.3 Å². The maximum atomic E-state index is 13.9. The number of amides is 1. The first kappa shape index (κ1) is 17.6. The van der Waals surface area contributed by atoms with E-state index in [4.69, 9.17) is 8.94 Å². The number of hydrogen-bond donors (Lipinski definition) is 1. The van der Waals surface area contributed by atoms with Gasteiger partial charge in [-0.2, -0.15) is 4.98 Å². The largest absolute Gasteiger partial charge is 0.461 e. The summed E-state index contributed by atoms with van der Waals surface area (Å²) in [6, 6.07) is 5.51. The Hall–Kier alpha value is -3.23. The van der Waals surface area contributed by atoms with Crippen molar-refractivity contribution in [2.75, 3.05) is 24.3 Å². The monoisotopic (exact) mass is 362 g/mol. The lowest BCUT2D eigenvalue weighted by atomic mass is 10.2. The molecule has 2 heterocycles. The maximum absolute atomic E-state index is 13.9. The lowest BCUT2D eigenvalue weighted by Crippen LogP contribution is -2.16. The SMILES string of the molecule is CN(C)c1c(F)cc(NC(=O)CCc2nc(-c3ccco3)no2)cc1F. The minimum Gasteiger partial charge on any atom is -0.461 e. The zero-order valence-corrected chi connectivity index (χ0v) is 14.1. The number of aromatic nitrogens is 2. The summed E-state index contributed by atoms with van der Waals surface area (Å²) in [5, 5.41) is 6.20. The standard InChI is InChI=1S/C17H16F2N4O3/c1-23(2)16-11(18)8-10(9-12(16)19)20-14(24)5-6-15-21-17(22-26-15)13-4-3-7-25-13/h3-4,7-9H,5-6H2,1-2H3,(H,20,24). The molecular weight excluding hydrogens is 346 g/mol. The molecule has 3 rings (SSSR count). The summed E-state index contributed by atoms with van der Waals surface area (Å²) in [6.45, 7) is 0. The molecule has 1 N–H and O–H groups in total. The lowest BCUT2D eigenvalue weighted by Gasteiger charge is -2.15. The van der Waals surface area contributed by atoms with Gasteiger partial charge >= 0.3 is 0 Å². The molecule has 0 unspecified atom stereocenters. The Morgan fingerprint density at radius 1 is 1.27 bits per heavy atom. The van der Waals surface area contributed by atoms with Gasteiger partial charge in [0.15, 0.2) is 17.4 Å². The van der Waals surface area contributed by atoms with Gasteiger partial charge in [-0.25, -0.2) is 8.78 Å². The molecule has 3 aromatic rings. The minimum absolute atomic E-state index is 0.0124. The molecule has 1 amide bonds. The summed E-state index contributed by atoms with van der Waals surface area (Å²) in [5.41, 5.74) is -0.128. The first-order chi connectivity index (χ1) is 12.4. The average molecular weight is 362 g/mol. The van der Waals surface area contributed by atoms with Crippen LogP contribution in [0.15, 0.2) is 39.5 Å². The van der Waals surface area contributed by atoms with Crippen LogP contribution in [-0.2, 0) is 11.2 Å². The maximum Gasteiger partial charge on any atom is 0.238 e. The first-order valence-electron chi connectivity index (χ1n) is 7.76. The average Bonchev–Trinajstić information content (AvgIpc) is 3.23. The molecule has 0 spiro atoms. The highest BCUT2D eigenvalue weighted by atomic mass is 19.1. The Labute approximate surface area is 147 Å². The molecule has 1 aromatic carbocycles. The van der Waals surface area contributed by atoms with E-state index in [1.54, 1.807) is 12.1 Å². The van der Waals surface area contributed by atoms with Crippen molar-refractivity contribution in [3.05, 3.63) is 48.1 Å². The highest BCUT2D eigenvalue weighted by Crippen LogP contribution is 2.25. The lowest BCUT2D eigenvalue weighted by molar-refractivity contribution is -0.116. The highest BCUT2D eigenvalue weighted by molar-refractivity contribution is 5.91. The van der Waals surface area contributed by atoms with Gasteiger partial charge in [-0.1, -0.05) is 5.16 Å². The van der Waals surface area contributed by atoms with Crippen molar-refractivity contribution in [3.8, 4) is 11.6 Å². The van der Waals surface area contributed by atoms with Gasteiger partial charge in [0.2, 0.25) is 17.6 Å². The number of benzene rings is 1. The number of nitrogens with one attached hydrogen (secondary N) is 1. The Kier molecular flexibility index (Phi) is 4.97. The van der Waals surface area contributed by atoms with Gasteiger partial charge in [0.25, 0.3) is 0 Å². The van der Waals surface area contributed by atoms with E-state index in [-0.39, 0.29) is 35.9 Å². The van der Waals surface area contributed by atoms with Crippen LogP contribution in [0.3, 0.4) is 0 Å². The van der Waals surface area contributed by atoms with Crippen LogP contribution in [0.4, 0.5) is 20.2 Å². The second-order valence-electron chi connectivity index (χ2n) is 5.72. The van der Waals surface area contributed by atoms with Crippen LogP contribution in [0.25, 0.3) is 11.6 Å². The molecule has 0 aliphatic heterocycles. The normalized spacial score (nSPS) is 10.8. The van der Waals surface area contributed by atoms with Crippen molar-refractivity contribution in [1.82, 2.24) is 10.1 Å². The van der Waals surface area contributed by atoms with Crippen LogP contribution in [-0.4, -0.2) is 30.1 Å². The number of furan rings is 1. The molecule has 2 aromatic heterocycles. The Bertz CT molecular complexity index is 884. The molecule has 0 saturated carbocycles. The van der Waals surface area contributed by atoms with E-state index < -0.39 is 17.5 Å². The quantitative estimate of drug-likeness (QED) is 0.725. The summed E-state index contributed by atoms with van der Waals surface area (Å²) in [5.74, 6) is -0.952. The Balaban J connectivity index is 1.59. The third kappa shape index (κ3) is 3.88. The van der Waals surface area contributed by atoms with Crippen LogP contribution in [0, 0.1) is 11.6 Å². The topological polar surface area (TPSA) is 84.4 Å². The third-order valence-corrected chi connectivity index (χ3v) is 3.52. The van der Waals surface area contributed by atoms with Crippen molar-refractivity contribution in [3.63, 3.8) is 0 Å². The van der Waals surface area contributed by atoms with E-state index in [1.807, 2.05) is 0 Å². The fourth-order valence-electron chi connectivity index (χ4n) is 2.37. The molecule has 0 atom stereocenters. The van der Waals surface area contributed by atoms with E-state index in [0.717, 1.165) is 12.1 Å². The van der Waals surface area contributed by atoms with E-state index in [0.29, 0.717) is 5.76 Å². The third-order valence-electron chi connectivity index (χ3n) is 3.52. The number of halogens is 2. The number of aryl methyl sites for hydroxylation is 1. The predicted octanol–water partition coefficient (Wildman–Crippen LogP) is 3.25. The summed E-state index contributed by atoms with van der Waals surface area (Å²) in [7, 11) is 3.06. The molecular formula is C17H16F2N4O3. The highest BCUT2D eigenvalue weighted by Gasteiger charge is 2.15. The predicted molar refractivity (Wildman–Crippen MR) is 89.6 cm³/mol. The molecule has 136 valence electrons. The van der Waals surface area contributed by atoms with Crippen LogP contribution in [0.1, 0.15) is 12.3 Å². The Morgan fingerprint density at radius 2 is 2.00 bits per heavy atom. The van der Waals surface area contributed by atoms with Crippen molar-refractivity contribution in [2.24, 2.45) is 0 Å². The Morgan fingerprint density at radius 3 is 2.62 bits per heavy atom. The second kappa shape index (κ2) is 7.34. The van der Waals surface area contributed by atoms with Crippen LogP contribution < -0.4 is 10.2 Å². The molecule has 26 heavy (non-hydrogen) atoms. The molecule has 9 heteroatoms. The second-order valence-corrected chi connectivity index (χ2v) is 5.72. The summed E-state index contributed by atoms with van der Waals surface area (Å²) < 4.78 is 38.0. The molecule has 0 fully saturated rings. The molecule has 0 radical (unpaired) electrons. The van der Waals surface area contributed by atoms with Gasteiger partial charge in [-0.15, -0.1) is 0 Å². The fourth-order valence-corrected chi connectivity index (χ4v) is 2.37. The smallest absolute Gasteiger partial charge is 0.238 e. The number of carbonyl (C=O) groups excluding carboxylic acids is 1. The van der Waals surface area contributed by atoms with Gasteiger partial charge < -0.3 is 19.2 Å². The van der Waals surface area contributed by atoms with Crippen LogP contribution in [0.5, 0.6) is 0 Å². The fraction of sp³-hybridized carbons (Fsp3) is 0.235. The van der Waals surface area contributed by atoms with Crippen molar-refractivity contribution >= 4 is 17.3 Å². The van der Waals surface area contributed by atoms with Crippen LogP contribution in [0.2, 0.25) is 0 Å². The molecule has 0 aliphatic rings. The number of carbonyl (C=O) groups is 1. The van der Waals surface area contributed by atoms with Crippen molar-refractivity contribution in [2.45, 2.75) is 12.8 Å². The molecule has 0 aliphatic carbocycles. The van der Waals surface area contributed by atoms with E-state index >= 15 is 0 Å². The van der Waals surface area contributed by atoms with Gasteiger partial charge in [-0.3, -0.25) is 4.79 Å². The zero-order valence-electron chi connectivity index (χ0n) is 14.1. The number of rotatable bonds is 6. The number of anilines is 2. The number of hydrogen-bond acceptors (Lipinski definition) is 6. The van der Waals surface area contributed by atoms with Gasteiger partial charge in [0.05, 0.1) is 6.26 Å². The molecule has 0 bridgehead atoms.